The number of hydrogen-bond donors (Lipinski definition) is 0. The highest BCUT2D eigenvalue weighted by molar-refractivity contribution is 5.91. The van der Waals surface area contributed by atoms with Crippen LogP contribution in [0.3, 0.4) is 0 Å². The molecule has 11 nitrogen and oxygen atoms in total. The van der Waals surface area contributed by atoms with Crippen LogP contribution >= 0.6 is 0 Å². The van der Waals surface area contributed by atoms with Gasteiger partial charge in [0.1, 0.15) is 30.5 Å². The molecule has 0 saturated carbocycles. The molecule has 0 aliphatic carbocycles. The van der Waals surface area contributed by atoms with Gasteiger partial charge in [-0.2, -0.15) is 0 Å². The lowest BCUT2D eigenvalue weighted by Gasteiger charge is -2.27. The van der Waals surface area contributed by atoms with Gasteiger partial charge in [0.05, 0.1) is 6.54 Å². The lowest BCUT2D eigenvalue weighted by atomic mass is 10.2. The Morgan fingerprint density at radius 2 is 1.74 bits per heavy atom. The molecule has 0 radical (unpaired) electrons. The van der Waals surface area contributed by atoms with Gasteiger partial charge in [0, 0.05) is 50.2 Å². The zero-order chi connectivity index (χ0) is 29.1. The molecule has 0 spiro atoms. The minimum Gasteiger partial charge on any atom is -0.492 e. The number of ether oxygens (including phenoxy) is 1. The lowest BCUT2D eigenvalue weighted by Crippen LogP contribution is -2.39. The van der Waals surface area contributed by atoms with Crippen LogP contribution in [0.25, 0.3) is 17.5 Å². The second kappa shape index (κ2) is 14.2. The van der Waals surface area contributed by atoms with Gasteiger partial charge in [-0.25, -0.2) is 9.67 Å². The summed E-state index contributed by atoms with van der Waals surface area (Å²) in [6.45, 7) is 5.02. The van der Waals surface area contributed by atoms with Crippen LogP contribution in [0.4, 0.5) is 0 Å². The Hall–Kier alpha value is -4.80. The van der Waals surface area contributed by atoms with Crippen molar-refractivity contribution >= 4 is 17.9 Å². The number of hydrogen-bond acceptors (Lipinski definition) is 7. The number of carbonyl (C=O) groups is 2. The molecule has 3 heterocycles. The van der Waals surface area contributed by atoms with Crippen LogP contribution in [-0.4, -0.2) is 84.2 Å². The second-order valence-electron chi connectivity index (χ2n) is 10.2. The average Bonchev–Trinajstić information content (AvgIpc) is 3.73. The number of carbonyl (C=O) groups excluding carboxylic acids is 2. The first kappa shape index (κ1) is 28.7. The smallest absolute Gasteiger partial charge is 0.247 e. The maximum atomic E-state index is 13.5. The molecule has 2 aromatic heterocycles. The van der Waals surface area contributed by atoms with Crippen molar-refractivity contribution in [3.05, 3.63) is 85.0 Å². The van der Waals surface area contributed by atoms with Gasteiger partial charge in [0.2, 0.25) is 11.8 Å². The van der Waals surface area contributed by atoms with Crippen molar-refractivity contribution in [3.8, 4) is 17.1 Å². The third-order valence-electron chi connectivity index (χ3n) is 7.33. The number of benzene rings is 2. The van der Waals surface area contributed by atoms with E-state index in [2.05, 4.69) is 25.1 Å². The van der Waals surface area contributed by atoms with Gasteiger partial charge >= 0.3 is 0 Å². The molecule has 2 bridgehead atoms. The van der Waals surface area contributed by atoms with Crippen molar-refractivity contribution < 1.29 is 14.3 Å². The zero-order valence-electron chi connectivity index (χ0n) is 23.8. The first-order valence-corrected chi connectivity index (χ1v) is 14.4. The Kier molecular flexibility index (Phi) is 9.71. The molecule has 11 heteroatoms. The fourth-order valence-electron chi connectivity index (χ4n) is 5.01. The number of nitrogens with zero attached hydrogens (tertiary/aromatic N) is 8. The Morgan fingerprint density at radius 1 is 0.929 bits per heavy atom. The predicted octanol–water partition coefficient (Wildman–Crippen LogP) is 3.73. The molecule has 4 aromatic rings. The van der Waals surface area contributed by atoms with Gasteiger partial charge in [-0.1, -0.05) is 42.5 Å². The molecule has 1 aliphatic rings. The maximum Gasteiger partial charge on any atom is 0.247 e. The standard InChI is InChI=1S/C31H36N8O3/c1-25(39-24-33-34-35-39)31(41)38-17-6-5-16-36(29(40)14-13-26-9-3-2-4-10-26)21-22-42-28-12-7-11-27(23-28)30-32-15-20-37(30)18-8-19-38/h2-4,7,9-15,20,23-25H,5-6,8,16-19,21-22H2,1H3/b14-13+/t25-/m0/s1. The fraction of sp³-hybridized carbons (Fsp3) is 0.355. The summed E-state index contributed by atoms with van der Waals surface area (Å²) in [5, 5.41) is 11.3. The summed E-state index contributed by atoms with van der Waals surface area (Å²) < 4.78 is 9.67. The van der Waals surface area contributed by atoms with Crippen LogP contribution < -0.4 is 4.74 Å². The van der Waals surface area contributed by atoms with E-state index in [4.69, 9.17) is 4.74 Å². The molecule has 0 N–H and O–H groups in total. The number of aromatic nitrogens is 6. The highest BCUT2D eigenvalue weighted by atomic mass is 16.5. The molecular weight excluding hydrogens is 532 g/mol. The van der Waals surface area contributed by atoms with Crippen LogP contribution in [0, 0.1) is 0 Å². The van der Waals surface area contributed by atoms with E-state index in [1.807, 2.05) is 83.6 Å². The minimum absolute atomic E-state index is 0.0362. The molecule has 0 fully saturated rings. The number of amides is 2. The topological polar surface area (TPSA) is 111 Å². The normalized spacial score (nSPS) is 15.9. The van der Waals surface area contributed by atoms with E-state index in [0.717, 1.165) is 42.0 Å². The Balaban J connectivity index is 1.35. The Morgan fingerprint density at radius 3 is 2.55 bits per heavy atom. The van der Waals surface area contributed by atoms with Gasteiger partial charge in [-0.3, -0.25) is 9.59 Å². The fourth-order valence-corrected chi connectivity index (χ4v) is 5.01. The summed E-state index contributed by atoms with van der Waals surface area (Å²) in [6, 6.07) is 17.1. The van der Waals surface area contributed by atoms with Gasteiger partial charge in [0.25, 0.3) is 0 Å². The van der Waals surface area contributed by atoms with E-state index < -0.39 is 6.04 Å². The molecule has 0 unspecified atom stereocenters. The molecular formula is C31H36N8O3. The minimum atomic E-state index is -0.515. The van der Waals surface area contributed by atoms with E-state index in [1.54, 1.807) is 12.3 Å². The van der Waals surface area contributed by atoms with Crippen LogP contribution in [0.5, 0.6) is 5.75 Å². The van der Waals surface area contributed by atoms with E-state index >= 15 is 0 Å². The third kappa shape index (κ3) is 7.48. The molecule has 218 valence electrons. The molecule has 42 heavy (non-hydrogen) atoms. The predicted molar refractivity (Wildman–Crippen MR) is 158 cm³/mol. The monoisotopic (exact) mass is 568 g/mol. The summed E-state index contributed by atoms with van der Waals surface area (Å²) in [4.78, 5) is 35.0. The van der Waals surface area contributed by atoms with Crippen molar-refractivity contribution in [3.63, 3.8) is 0 Å². The SMILES string of the molecule is C[C@@H](C(=O)N1CCCCN(C(=O)/C=C/c2ccccc2)CCOc2cccc(c2)-c2nccn2CCC1)n1cnnn1. The maximum absolute atomic E-state index is 13.5. The molecule has 1 atom stereocenters. The third-order valence-corrected chi connectivity index (χ3v) is 7.33. The van der Waals surface area contributed by atoms with Crippen LogP contribution in [0.2, 0.25) is 0 Å². The lowest BCUT2D eigenvalue weighted by molar-refractivity contribution is -0.135. The van der Waals surface area contributed by atoms with Crippen molar-refractivity contribution in [1.82, 2.24) is 39.6 Å². The van der Waals surface area contributed by atoms with Gasteiger partial charge in [-0.15, -0.1) is 5.10 Å². The number of tetrazole rings is 1. The summed E-state index contributed by atoms with van der Waals surface area (Å²) in [5.74, 6) is 1.46. The summed E-state index contributed by atoms with van der Waals surface area (Å²) >= 11 is 0. The summed E-state index contributed by atoms with van der Waals surface area (Å²) in [7, 11) is 0. The van der Waals surface area contributed by atoms with Crippen LogP contribution in [0.15, 0.2) is 79.4 Å². The Bertz CT molecular complexity index is 1470. The van der Waals surface area contributed by atoms with E-state index in [9.17, 15) is 9.59 Å². The number of rotatable bonds is 4. The Labute approximate surface area is 245 Å². The highest BCUT2D eigenvalue weighted by Gasteiger charge is 2.23. The summed E-state index contributed by atoms with van der Waals surface area (Å²) in [5.41, 5.74) is 1.91. The second-order valence-corrected chi connectivity index (χ2v) is 10.2. The average molecular weight is 569 g/mol. The first-order valence-electron chi connectivity index (χ1n) is 14.4. The van der Waals surface area contributed by atoms with Crippen molar-refractivity contribution in [2.45, 2.75) is 38.8 Å². The quantitative estimate of drug-likeness (QED) is 0.345. The molecule has 0 saturated heterocycles. The highest BCUT2D eigenvalue weighted by Crippen LogP contribution is 2.23. The van der Waals surface area contributed by atoms with E-state index in [-0.39, 0.29) is 11.8 Å². The molecule has 1 aliphatic heterocycles. The van der Waals surface area contributed by atoms with Gasteiger partial charge < -0.3 is 19.1 Å². The van der Waals surface area contributed by atoms with Gasteiger partial charge in [-0.05, 0) is 60.4 Å². The largest absolute Gasteiger partial charge is 0.492 e. The van der Waals surface area contributed by atoms with Crippen LogP contribution in [0.1, 0.15) is 37.8 Å². The molecule has 2 aromatic carbocycles. The van der Waals surface area contributed by atoms with Crippen molar-refractivity contribution in [2.75, 3.05) is 32.8 Å². The van der Waals surface area contributed by atoms with E-state index in [1.165, 1.54) is 11.0 Å². The van der Waals surface area contributed by atoms with Crippen molar-refractivity contribution in [1.29, 1.82) is 0 Å². The van der Waals surface area contributed by atoms with Gasteiger partial charge in [0.15, 0.2) is 0 Å². The molecule has 5 rings (SSSR count). The van der Waals surface area contributed by atoms with E-state index in [0.29, 0.717) is 39.3 Å². The number of fused-ring (bicyclic) bond motifs is 4. The molecule has 2 amide bonds. The summed E-state index contributed by atoms with van der Waals surface area (Å²) in [6.07, 6.45) is 10.9. The first-order chi connectivity index (χ1) is 20.6. The van der Waals surface area contributed by atoms with Crippen molar-refractivity contribution in [2.24, 2.45) is 0 Å². The number of aryl methyl sites for hydroxylation is 1. The zero-order valence-corrected chi connectivity index (χ0v) is 23.8. The van der Waals surface area contributed by atoms with Crippen LogP contribution in [-0.2, 0) is 16.1 Å². The number of imidazole rings is 1.